The zero-order chi connectivity index (χ0) is 20.7. The first kappa shape index (κ1) is 18.4. The highest BCUT2D eigenvalue weighted by molar-refractivity contribution is 5.91. The highest BCUT2D eigenvalue weighted by Gasteiger charge is 2.31. The van der Waals surface area contributed by atoms with E-state index >= 15 is 0 Å². The summed E-state index contributed by atoms with van der Waals surface area (Å²) >= 11 is 0. The molecule has 0 bridgehead atoms. The van der Waals surface area contributed by atoms with Crippen LogP contribution in [0, 0.1) is 0 Å². The maximum absolute atomic E-state index is 12.9. The van der Waals surface area contributed by atoms with Gasteiger partial charge in [0.15, 0.2) is 0 Å². The Hall–Kier alpha value is -3.67. The zero-order valence-corrected chi connectivity index (χ0v) is 16.2. The van der Waals surface area contributed by atoms with E-state index in [0.29, 0.717) is 18.8 Å². The van der Waals surface area contributed by atoms with Crippen LogP contribution < -0.4 is 4.90 Å². The van der Waals surface area contributed by atoms with Crippen LogP contribution in [0.25, 0.3) is 11.1 Å². The van der Waals surface area contributed by atoms with Crippen molar-refractivity contribution in [3.63, 3.8) is 0 Å². The predicted molar refractivity (Wildman–Crippen MR) is 112 cm³/mol. The van der Waals surface area contributed by atoms with Gasteiger partial charge in [0, 0.05) is 18.7 Å². The molecular formula is C24H20N2O4. The lowest BCUT2D eigenvalue weighted by Crippen LogP contribution is -2.37. The van der Waals surface area contributed by atoms with Crippen LogP contribution >= 0.6 is 0 Å². The number of carboxylic acids is 1. The van der Waals surface area contributed by atoms with Gasteiger partial charge in [0.2, 0.25) is 0 Å². The molecule has 0 atom stereocenters. The molecule has 3 aromatic rings. The van der Waals surface area contributed by atoms with Gasteiger partial charge in [-0.05, 0) is 46.7 Å². The van der Waals surface area contributed by atoms with E-state index in [0.717, 1.165) is 23.1 Å². The topological polar surface area (TPSA) is 79.7 Å². The number of fused-ring (bicyclic) bond motifs is 4. The second-order valence-electron chi connectivity index (χ2n) is 7.57. The van der Waals surface area contributed by atoms with Gasteiger partial charge in [-0.15, -0.1) is 0 Å². The van der Waals surface area contributed by atoms with Gasteiger partial charge in [-0.1, -0.05) is 48.5 Å². The third-order valence-corrected chi connectivity index (χ3v) is 5.83. The highest BCUT2D eigenvalue weighted by Crippen LogP contribution is 2.44. The predicted octanol–water partition coefficient (Wildman–Crippen LogP) is 4.48. The number of benzene rings is 2. The summed E-state index contributed by atoms with van der Waals surface area (Å²) in [5, 5.41) is 9.18. The fourth-order valence-electron chi connectivity index (χ4n) is 4.43. The number of rotatable bonds is 3. The maximum atomic E-state index is 12.9. The first-order chi connectivity index (χ1) is 14.6. The molecule has 1 amide bonds. The van der Waals surface area contributed by atoms with Crippen molar-refractivity contribution in [2.24, 2.45) is 0 Å². The molecule has 0 saturated heterocycles. The summed E-state index contributed by atoms with van der Waals surface area (Å²) in [7, 11) is 0. The minimum absolute atomic E-state index is 0.00652. The van der Waals surface area contributed by atoms with Gasteiger partial charge in [-0.25, -0.2) is 14.6 Å². The van der Waals surface area contributed by atoms with Gasteiger partial charge in [0.1, 0.15) is 12.4 Å². The first-order valence-electron chi connectivity index (χ1n) is 9.98. The number of hydrogen-bond acceptors (Lipinski definition) is 4. The van der Waals surface area contributed by atoms with Crippen LogP contribution in [0.2, 0.25) is 0 Å². The highest BCUT2D eigenvalue weighted by atomic mass is 16.6. The number of aryl methyl sites for hydroxylation is 1. The number of anilines is 1. The van der Waals surface area contributed by atoms with Gasteiger partial charge in [0.25, 0.3) is 0 Å². The number of amides is 1. The molecule has 2 heterocycles. The Morgan fingerprint density at radius 3 is 2.40 bits per heavy atom. The Balaban J connectivity index is 1.37. The monoisotopic (exact) mass is 400 g/mol. The van der Waals surface area contributed by atoms with E-state index in [1.165, 1.54) is 22.2 Å². The Morgan fingerprint density at radius 1 is 1.07 bits per heavy atom. The second kappa shape index (κ2) is 7.30. The van der Waals surface area contributed by atoms with E-state index in [1.807, 2.05) is 24.3 Å². The Morgan fingerprint density at radius 2 is 1.73 bits per heavy atom. The van der Waals surface area contributed by atoms with Crippen LogP contribution in [0.1, 0.15) is 39.4 Å². The fourth-order valence-corrected chi connectivity index (χ4v) is 4.43. The minimum atomic E-state index is -1.02. The lowest BCUT2D eigenvalue weighted by molar-refractivity contribution is 0.0696. The molecule has 6 heteroatoms. The summed E-state index contributed by atoms with van der Waals surface area (Å²) in [5.41, 5.74) is 5.57. The lowest BCUT2D eigenvalue weighted by Gasteiger charge is -2.28. The van der Waals surface area contributed by atoms with Crippen LogP contribution in [0.3, 0.4) is 0 Å². The van der Waals surface area contributed by atoms with Crippen LogP contribution in [0.5, 0.6) is 0 Å². The van der Waals surface area contributed by atoms with Crippen molar-refractivity contribution in [3.05, 3.63) is 83.0 Å². The van der Waals surface area contributed by atoms with E-state index in [-0.39, 0.29) is 18.1 Å². The molecule has 6 nitrogen and oxygen atoms in total. The van der Waals surface area contributed by atoms with Crippen molar-refractivity contribution in [1.29, 1.82) is 0 Å². The Labute approximate surface area is 173 Å². The van der Waals surface area contributed by atoms with E-state index in [1.54, 1.807) is 6.07 Å². The maximum Gasteiger partial charge on any atom is 0.415 e. The number of hydrogen-bond donors (Lipinski definition) is 1. The number of nitrogens with zero attached hydrogens (tertiary/aromatic N) is 2. The number of carbonyl (C=O) groups is 2. The van der Waals surface area contributed by atoms with E-state index in [4.69, 9.17) is 4.74 Å². The zero-order valence-electron chi connectivity index (χ0n) is 16.2. The molecule has 1 aliphatic heterocycles. The standard InChI is InChI=1S/C24H20N2O4/c27-23(28)16-12-15-6-5-11-26(22(15)25-13-16)24(29)30-14-21-19-9-3-1-7-17(19)18-8-2-4-10-20(18)21/h1-4,7-10,12-13,21H,5-6,11,14H2,(H,27,28). The molecule has 0 spiro atoms. The lowest BCUT2D eigenvalue weighted by atomic mass is 9.98. The van der Waals surface area contributed by atoms with Crippen LogP contribution in [0.4, 0.5) is 10.6 Å². The average molecular weight is 400 g/mol. The summed E-state index contributed by atoms with van der Waals surface area (Å²) in [5.74, 6) is -0.542. The molecule has 0 saturated carbocycles. The van der Waals surface area contributed by atoms with Crippen LogP contribution in [-0.4, -0.2) is 35.3 Å². The SMILES string of the molecule is O=C(O)c1cnc2c(c1)CCCN2C(=O)OCC1c2ccccc2-c2ccccc21. The van der Waals surface area contributed by atoms with E-state index in [2.05, 4.69) is 29.2 Å². The number of aromatic nitrogens is 1. The number of carbonyl (C=O) groups excluding carboxylic acids is 1. The molecule has 1 N–H and O–H groups in total. The average Bonchev–Trinajstić information content (AvgIpc) is 3.10. The summed E-state index contributed by atoms with van der Waals surface area (Å²) in [6, 6.07) is 18.0. The number of ether oxygens (including phenoxy) is 1. The molecular weight excluding hydrogens is 380 g/mol. The molecule has 1 aromatic heterocycles. The fraction of sp³-hybridized carbons (Fsp3) is 0.208. The van der Waals surface area contributed by atoms with Gasteiger partial charge in [-0.2, -0.15) is 0 Å². The van der Waals surface area contributed by atoms with Gasteiger partial charge < -0.3 is 9.84 Å². The number of carboxylic acid groups (broad SMARTS) is 1. The quantitative estimate of drug-likeness (QED) is 0.701. The van der Waals surface area contributed by atoms with Crippen molar-refractivity contribution in [1.82, 2.24) is 4.98 Å². The molecule has 2 aromatic carbocycles. The number of aromatic carboxylic acids is 1. The summed E-state index contributed by atoms with van der Waals surface area (Å²) < 4.78 is 5.74. The molecule has 0 unspecified atom stereocenters. The second-order valence-corrected chi connectivity index (χ2v) is 7.57. The number of pyridine rings is 1. The van der Waals surface area contributed by atoms with Crippen molar-refractivity contribution >= 4 is 17.9 Å². The van der Waals surface area contributed by atoms with Crippen molar-refractivity contribution in [2.45, 2.75) is 18.8 Å². The molecule has 1 aliphatic carbocycles. The van der Waals surface area contributed by atoms with Crippen molar-refractivity contribution in [3.8, 4) is 11.1 Å². The molecule has 0 fully saturated rings. The van der Waals surface area contributed by atoms with Gasteiger partial charge in [-0.3, -0.25) is 4.90 Å². The molecule has 150 valence electrons. The third-order valence-electron chi connectivity index (χ3n) is 5.83. The van der Waals surface area contributed by atoms with E-state index < -0.39 is 12.1 Å². The Kier molecular flexibility index (Phi) is 4.47. The van der Waals surface area contributed by atoms with Gasteiger partial charge in [0.05, 0.1) is 5.56 Å². The minimum Gasteiger partial charge on any atom is -0.478 e. The molecule has 5 rings (SSSR count). The van der Waals surface area contributed by atoms with Crippen molar-refractivity contribution < 1.29 is 19.4 Å². The summed E-state index contributed by atoms with van der Waals surface area (Å²) in [4.78, 5) is 29.9. The summed E-state index contributed by atoms with van der Waals surface area (Å²) in [6.07, 6.45) is 2.27. The Bertz CT molecular complexity index is 1110. The molecule has 30 heavy (non-hydrogen) atoms. The summed E-state index contributed by atoms with van der Waals surface area (Å²) in [6.45, 7) is 0.745. The van der Waals surface area contributed by atoms with Crippen LogP contribution in [0.15, 0.2) is 60.8 Å². The van der Waals surface area contributed by atoms with Crippen molar-refractivity contribution in [2.75, 3.05) is 18.1 Å². The van der Waals surface area contributed by atoms with E-state index in [9.17, 15) is 14.7 Å². The molecule has 2 aliphatic rings. The van der Waals surface area contributed by atoms with Crippen LogP contribution in [-0.2, 0) is 11.2 Å². The normalized spacial score (nSPS) is 14.6. The van der Waals surface area contributed by atoms with Gasteiger partial charge >= 0.3 is 12.1 Å². The largest absolute Gasteiger partial charge is 0.478 e. The smallest absolute Gasteiger partial charge is 0.415 e. The first-order valence-corrected chi connectivity index (χ1v) is 9.98. The molecule has 0 radical (unpaired) electrons. The third kappa shape index (κ3) is 3.01.